The van der Waals surface area contributed by atoms with Crippen LogP contribution < -0.4 is 0 Å². The van der Waals surface area contributed by atoms with Gasteiger partial charge in [0.2, 0.25) is 5.90 Å². The Balaban J connectivity index is 1.71. The summed E-state index contributed by atoms with van der Waals surface area (Å²) in [5.74, 6) is 0.137. The molecule has 0 fully saturated rings. The molecule has 0 aliphatic carbocycles. The van der Waals surface area contributed by atoms with Gasteiger partial charge in [-0.2, -0.15) is 0 Å². The topological polar surface area (TPSA) is 47.9 Å². The summed E-state index contributed by atoms with van der Waals surface area (Å²) in [6, 6.07) is 23.5. The van der Waals surface area contributed by atoms with Gasteiger partial charge in [0.1, 0.15) is 6.10 Å². The van der Waals surface area contributed by atoms with Gasteiger partial charge in [-0.05, 0) is 34.5 Å². The molecule has 0 amide bonds. The van der Waals surface area contributed by atoms with Gasteiger partial charge in [0.15, 0.2) is 6.04 Å². The Hall–Kier alpha value is -3.14. The maximum Gasteiger partial charge on any atom is 0.330 e. The van der Waals surface area contributed by atoms with Crippen LogP contribution >= 0.6 is 0 Å². The standard InChI is InChI=1S/C22H19NO3/c1-25-22(24)19-14-20(26-21(23-19)16-8-3-2-4-9-16)18-12-11-15-7-5-6-10-17(15)13-18/h2-13,19-20H,14H2,1H3/t19-,20+/m1/s1. The highest BCUT2D eigenvalue weighted by atomic mass is 16.5. The number of hydrogen-bond acceptors (Lipinski definition) is 4. The number of carbonyl (C=O) groups is 1. The SMILES string of the molecule is COC(=O)[C@H]1C[C@@H](c2ccc3ccccc3c2)OC(c2ccccc2)=N1. The zero-order chi connectivity index (χ0) is 17.9. The van der Waals surface area contributed by atoms with Crippen molar-refractivity contribution in [2.75, 3.05) is 7.11 Å². The van der Waals surface area contributed by atoms with Crippen LogP contribution in [0.1, 0.15) is 23.7 Å². The molecule has 1 aliphatic rings. The van der Waals surface area contributed by atoms with Gasteiger partial charge in [-0.3, -0.25) is 0 Å². The lowest BCUT2D eigenvalue weighted by Gasteiger charge is -2.28. The number of ether oxygens (including phenoxy) is 2. The molecule has 0 spiro atoms. The van der Waals surface area contributed by atoms with Crippen LogP contribution in [0.15, 0.2) is 77.8 Å². The van der Waals surface area contributed by atoms with Crippen LogP contribution in [0, 0.1) is 0 Å². The molecule has 1 heterocycles. The van der Waals surface area contributed by atoms with Gasteiger partial charge < -0.3 is 9.47 Å². The lowest BCUT2D eigenvalue weighted by molar-refractivity contribution is -0.143. The van der Waals surface area contributed by atoms with Gasteiger partial charge in [-0.1, -0.05) is 54.6 Å². The molecule has 0 bridgehead atoms. The number of benzene rings is 3. The normalized spacial score (nSPS) is 19.5. The molecule has 0 aromatic heterocycles. The van der Waals surface area contributed by atoms with Crippen LogP contribution in [-0.2, 0) is 14.3 Å². The van der Waals surface area contributed by atoms with Crippen LogP contribution in [0.2, 0.25) is 0 Å². The van der Waals surface area contributed by atoms with Crippen molar-refractivity contribution < 1.29 is 14.3 Å². The van der Waals surface area contributed by atoms with E-state index in [2.05, 4.69) is 35.3 Å². The molecule has 4 rings (SSSR count). The summed E-state index contributed by atoms with van der Waals surface area (Å²) in [5, 5.41) is 2.32. The van der Waals surface area contributed by atoms with E-state index in [1.54, 1.807) is 0 Å². The molecule has 1 aliphatic heterocycles. The third kappa shape index (κ3) is 3.18. The summed E-state index contributed by atoms with van der Waals surface area (Å²) < 4.78 is 11.1. The fourth-order valence-corrected chi connectivity index (χ4v) is 3.23. The number of hydrogen-bond donors (Lipinski definition) is 0. The van der Waals surface area contributed by atoms with Crippen LogP contribution in [0.4, 0.5) is 0 Å². The van der Waals surface area contributed by atoms with Crippen molar-refractivity contribution in [1.82, 2.24) is 0 Å². The molecule has 0 unspecified atom stereocenters. The predicted molar refractivity (Wildman–Crippen MR) is 101 cm³/mol. The molecule has 2 atom stereocenters. The minimum absolute atomic E-state index is 0.253. The van der Waals surface area contributed by atoms with Crippen LogP contribution in [0.5, 0.6) is 0 Å². The second-order valence-corrected chi connectivity index (χ2v) is 6.29. The van der Waals surface area contributed by atoms with E-state index in [0.717, 1.165) is 16.5 Å². The quantitative estimate of drug-likeness (QED) is 0.665. The summed E-state index contributed by atoms with van der Waals surface area (Å²) >= 11 is 0. The van der Waals surface area contributed by atoms with Crippen LogP contribution in [-0.4, -0.2) is 25.0 Å². The summed E-state index contributed by atoms with van der Waals surface area (Å²) in [6.07, 6.45) is 0.206. The average Bonchev–Trinajstić information content (AvgIpc) is 2.73. The Morgan fingerprint density at radius 1 is 1.00 bits per heavy atom. The molecule has 130 valence electrons. The summed E-state index contributed by atoms with van der Waals surface area (Å²) in [5.41, 5.74) is 1.88. The van der Waals surface area contributed by atoms with E-state index in [-0.39, 0.29) is 12.1 Å². The van der Waals surface area contributed by atoms with E-state index in [0.29, 0.717) is 12.3 Å². The fraction of sp³-hybridized carbons (Fsp3) is 0.182. The second-order valence-electron chi connectivity index (χ2n) is 6.29. The van der Waals surface area contributed by atoms with Crippen molar-refractivity contribution in [3.05, 3.63) is 83.9 Å². The summed E-state index contributed by atoms with van der Waals surface area (Å²) in [4.78, 5) is 16.6. The van der Waals surface area contributed by atoms with E-state index >= 15 is 0 Å². The molecule has 3 aromatic rings. The molecule has 4 nitrogen and oxygen atoms in total. The van der Waals surface area contributed by atoms with Crippen molar-refractivity contribution in [2.45, 2.75) is 18.6 Å². The number of esters is 1. The molecule has 26 heavy (non-hydrogen) atoms. The molecular formula is C22H19NO3. The van der Waals surface area contributed by atoms with Crippen molar-refractivity contribution in [1.29, 1.82) is 0 Å². The Morgan fingerprint density at radius 2 is 1.73 bits per heavy atom. The molecule has 0 N–H and O–H groups in total. The van der Waals surface area contributed by atoms with Gasteiger partial charge in [-0.15, -0.1) is 0 Å². The number of nitrogens with zero attached hydrogens (tertiary/aromatic N) is 1. The Labute approximate surface area is 152 Å². The van der Waals surface area contributed by atoms with Crippen molar-refractivity contribution in [2.24, 2.45) is 4.99 Å². The van der Waals surface area contributed by atoms with Crippen LogP contribution in [0.3, 0.4) is 0 Å². The van der Waals surface area contributed by atoms with Gasteiger partial charge in [-0.25, -0.2) is 9.79 Å². The third-order valence-corrected chi connectivity index (χ3v) is 4.60. The van der Waals surface area contributed by atoms with E-state index in [4.69, 9.17) is 9.47 Å². The van der Waals surface area contributed by atoms with Gasteiger partial charge in [0.25, 0.3) is 0 Å². The zero-order valence-electron chi connectivity index (χ0n) is 14.5. The number of rotatable bonds is 3. The molecule has 0 radical (unpaired) electrons. The third-order valence-electron chi connectivity index (χ3n) is 4.60. The zero-order valence-corrected chi connectivity index (χ0v) is 14.5. The Bertz CT molecular complexity index is 965. The van der Waals surface area contributed by atoms with E-state index in [9.17, 15) is 4.79 Å². The molecule has 4 heteroatoms. The fourth-order valence-electron chi connectivity index (χ4n) is 3.23. The number of fused-ring (bicyclic) bond motifs is 1. The van der Waals surface area contributed by atoms with Crippen molar-refractivity contribution in [3.8, 4) is 0 Å². The first-order chi connectivity index (χ1) is 12.7. The lowest BCUT2D eigenvalue weighted by atomic mass is 9.97. The number of carbonyl (C=O) groups excluding carboxylic acids is 1. The second kappa shape index (κ2) is 7.00. The Morgan fingerprint density at radius 3 is 2.50 bits per heavy atom. The first-order valence-electron chi connectivity index (χ1n) is 8.61. The molecule has 0 saturated carbocycles. The number of aliphatic imine (C=N–C) groups is 1. The van der Waals surface area contributed by atoms with Gasteiger partial charge >= 0.3 is 5.97 Å². The largest absolute Gasteiger partial charge is 0.469 e. The van der Waals surface area contributed by atoms with Crippen molar-refractivity contribution >= 4 is 22.6 Å². The minimum Gasteiger partial charge on any atom is -0.469 e. The smallest absolute Gasteiger partial charge is 0.330 e. The monoisotopic (exact) mass is 345 g/mol. The Kier molecular flexibility index (Phi) is 4.40. The minimum atomic E-state index is -0.569. The van der Waals surface area contributed by atoms with E-state index < -0.39 is 6.04 Å². The highest BCUT2D eigenvalue weighted by Crippen LogP contribution is 2.32. The van der Waals surface area contributed by atoms with Gasteiger partial charge in [0.05, 0.1) is 7.11 Å². The first kappa shape index (κ1) is 16.3. The first-order valence-corrected chi connectivity index (χ1v) is 8.61. The van der Waals surface area contributed by atoms with E-state index in [1.807, 2.05) is 42.5 Å². The average molecular weight is 345 g/mol. The summed E-state index contributed by atoms with van der Waals surface area (Å²) in [6.45, 7) is 0. The highest BCUT2D eigenvalue weighted by Gasteiger charge is 2.32. The highest BCUT2D eigenvalue weighted by molar-refractivity contribution is 5.96. The van der Waals surface area contributed by atoms with Crippen molar-refractivity contribution in [3.63, 3.8) is 0 Å². The van der Waals surface area contributed by atoms with Crippen LogP contribution in [0.25, 0.3) is 10.8 Å². The molecule has 3 aromatic carbocycles. The predicted octanol–water partition coefficient (Wildman–Crippen LogP) is 4.29. The molecular weight excluding hydrogens is 326 g/mol. The lowest BCUT2D eigenvalue weighted by Crippen LogP contribution is -2.31. The van der Waals surface area contributed by atoms with E-state index in [1.165, 1.54) is 12.5 Å². The van der Waals surface area contributed by atoms with Gasteiger partial charge in [0, 0.05) is 12.0 Å². The maximum absolute atomic E-state index is 12.1. The maximum atomic E-state index is 12.1. The molecule has 0 saturated heterocycles. The summed E-state index contributed by atoms with van der Waals surface area (Å²) in [7, 11) is 1.39. The number of methoxy groups -OCH3 is 1.